The highest BCUT2D eigenvalue weighted by Gasteiger charge is 2.22. The van der Waals surface area contributed by atoms with Crippen molar-refractivity contribution in [3.63, 3.8) is 0 Å². The van der Waals surface area contributed by atoms with Crippen LogP contribution < -0.4 is 0 Å². The first kappa shape index (κ1) is 6.98. The van der Waals surface area contributed by atoms with E-state index in [1.807, 2.05) is 0 Å². The Balaban J connectivity index is 1.86. The minimum Gasteiger partial charge on any atom is -0.0951 e. The molecule has 58 valence electrons. The summed E-state index contributed by atoms with van der Waals surface area (Å²) in [7, 11) is 0. The van der Waals surface area contributed by atoms with Gasteiger partial charge in [-0.1, -0.05) is 17.4 Å². The highest BCUT2D eigenvalue weighted by molar-refractivity contribution is 5.25. The van der Waals surface area contributed by atoms with Gasteiger partial charge in [-0.15, -0.1) is 0 Å². The normalized spacial score (nSPS) is 24.3. The van der Waals surface area contributed by atoms with E-state index < -0.39 is 0 Å². The molecule has 0 heterocycles. The van der Waals surface area contributed by atoms with Gasteiger partial charge in [0.1, 0.15) is 0 Å². The monoisotopic (exact) mass is 146 g/mol. The summed E-state index contributed by atoms with van der Waals surface area (Å²) in [4.78, 5) is 0. The third kappa shape index (κ3) is 2.12. The number of hydrogen-bond acceptors (Lipinski definition) is 0. The summed E-state index contributed by atoms with van der Waals surface area (Å²) in [5, 5.41) is 0. The lowest BCUT2D eigenvalue weighted by Crippen LogP contribution is -1.75. The summed E-state index contributed by atoms with van der Waals surface area (Å²) in [6.07, 6.45) is 7.59. The molecule has 0 aromatic heterocycles. The van der Waals surface area contributed by atoms with E-state index in [2.05, 4.69) is 24.8 Å². The van der Waals surface area contributed by atoms with Gasteiger partial charge in [-0.25, -0.2) is 0 Å². The van der Waals surface area contributed by atoms with Crippen LogP contribution in [0.3, 0.4) is 0 Å². The smallest absolute Gasteiger partial charge is 0.0207 e. The number of hydrogen-bond donors (Lipinski definition) is 0. The Morgan fingerprint density at radius 3 is 2.55 bits per heavy atom. The van der Waals surface area contributed by atoms with Gasteiger partial charge in [0.2, 0.25) is 0 Å². The zero-order valence-electron chi connectivity index (χ0n) is 7.06. The van der Waals surface area contributed by atoms with Crippen molar-refractivity contribution in [2.45, 2.75) is 32.6 Å². The van der Waals surface area contributed by atoms with Crippen molar-refractivity contribution in [1.82, 2.24) is 0 Å². The maximum Gasteiger partial charge on any atom is 0.0207 e. The molecule has 0 unspecified atom stereocenters. The van der Waals surface area contributed by atoms with Gasteiger partial charge in [-0.05, 0) is 44.6 Å². The fourth-order valence-electron chi connectivity index (χ4n) is 1.16. The number of allylic oxidation sites excluding steroid dienone is 2. The fraction of sp³-hybridized carbons (Fsp3) is 0.636. The molecule has 2 rings (SSSR count). The molecule has 0 N–H and O–H groups in total. The lowest BCUT2D eigenvalue weighted by atomic mass is 10.2. The Kier molecular flexibility index (Phi) is 1.74. The van der Waals surface area contributed by atoms with Gasteiger partial charge in [0.05, 0.1) is 0 Å². The molecule has 2 aliphatic carbocycles. The van der Waals surface area contributed by atoms with E-state index in [0.29, 0.717) is 0 Å². The second-order valence-corrected chi connectivity index (χ2v) is 3.73. The Hall–Kier alpha value is -0.700. The first-order chi connectivity index (χ1) is 5.36. The first-order valence-electron chi connectivity index (χ1n) is 4.54. The molecule has 0 spiro atoms. The third-order valence-electron chi connectivity index (χ3n) is 2.39. The predicted molar refractivity (Wildman–Crippen MR) is 47.0 cm³/mol. The molecular weight excluding hydrogens is 132 g/mol. The Morgan fingerprint density at radius 2 is 2.00 bits per heavy atom. The largest absolute Gasteiger partial charge is 0.0951 e. The van der Waals surface area contributed by atoms with Crippen LogP contribution in [-0.2, 0) is 0 Å². The fourth-order valence-corrected chi connectivity index (χ4v) is 1.16. The molecule has 2 fully saturated rings. The van der Waals surface area contributed by atoms with Crippen molar-refractivity contribution in [2.75, 3.05) is 0 Å². The van der Waals surface area contributed by atoms with Crippen LogP contribution in [-0.4, -0.2) is 0 Å². The van der Waals surface area contributed by atoms with Gasteiger partial charge in [0.15, 0.2) is 0 Å². The third-order valence-corrected chi connectivity index (χ3v) is 2.39. The second-order valence-electron chi connectivity index (χ2n) is 3.73. The summed E-state index contributed by atoms with van der Waals surface area (Å²) in [5.41, 5.74) is 1.50. The van der Waals surface area contributed by atoms with Crippen molar-refractivity contribution in [2.24, 2.45) is 11.8 Å². The van der Waals surface area contributed by atoms with Crippen LogP contribution >= 0.6 is 0 Å². The molecule has 0 aliphatic heterocycles. The molecule has 0 amide bonds. The Bertz CT molecular complexity index is 228. The molecule has 0 atom stereocenters. The molecule has 0 saturated heterocycles. The van der Waals surface area contributed by atoms with Crippen LogP contribution in [0.2, 0.25) is 0 Å². The van der Waals surface area contributed by atoms with Crippen LogP contribution in [0.4, 0.5) is 0 Å². The van der Waals surface area contributed by atoms with E-state index >= 15 is 0 Å². The lowest BCUT2D eigenvalue weighted by Gasteiger charge is -1.88. The molecule has 0 radical (unpaired) electrons. The van der Waals surface area contributed by atoms with Gasteiger partial charge in [0, 0.05) is 5.92 Å². The van der Waals surface area contributed by atoms with Crippen molar-refractivity contribution in [1.29, 1.82) is 0 Å². The molecule has 0 aromatic rings. The Morgan fingerprint density at radius 1 is 1.27 bits per heavy atom. The summed E-state index contributed by atoms with van der Waals surface area (Å²) in [6.45, 7) is 2.21. The lowest BCUT2D eigenvalue weighted by molar-refractivity contribution is 1.01. The first-order valence-corrected chi connectivity index (χ1v) is 4.54. The molecule has 0 heteroatoms. The SMILES string of the molecule is C/C(=C\C#CC1CC1)C1CC1. The van der Waals surface area contributed by atoms with E-state index in [1.54, 1.807) is 0 Å². The summed E-state index contributed by atoms with van der Waals surface area (Å²) < 4.78 is 0. The molecular formula is C11H14. The van der Waals surface area contributed by atoms with Gasteiger partial charge >= 0.3 is 0 Å². The average molecular weight is 146 g/mol. The van der Waals surface area contributed by atoms with Crippen molar-refractivity contribution >= 4 is 0 Å². The van der Waals surface area contributed by atoms with Gasteiger partial charge in [-0.2, -0.15) is 0 Å². The molecule has 2 aliphatic rings. The van der Waals surface area contributed by atoms with Crippen LogP contribution in [0, 0.1) is 23.7 Å². The maximum absolute atomic E-state index is 3.24. The van der Waals surface area contributed by atoms with Crippen molar-refractivity contribution in [3.05, 3.63) is 11.6 Å². The zero-order chi connectivity index (χ0) is 7.68. The molecule has 0 nitrogen and oxygen atoms in total. The van der Waals surface area contributed by atoms with E-state index in [0.717, 1.165) is 11.8 Å². The van der Waals surface area contributed by atoms with E-state index in [-0.39, 0.29) is 0 Å². The van der Waals surface area contributed by atoms with E-state index in [9.17, 15) is 0 Å². The van der Waals surface area contributed by atoms with Crippen LogP contribution in [0.5, 0.6) is 0 Å². The van der Waals surface area contributed by atoms with Gasteiger partial charge in [0.25, 0.3) is 0 Å². The molecule has 0 bridgehead atoms. The van der Waals surface area contributed by atoms with Crippen molar-refractivity contribution < 1.29 is 0 Å². The highest BCUT2D eigenvalue weighted by Crippen LogP contribution is 2.35. The summed E-state index contributed by atoms with van der Waals surface area (Å²) >= 11 is 0. The predicted octanol–water partition coefficient (Wildman–Crippen LogP) is 2.76. The summed E-state index contributed by atoms with van der Waals surface area (Å²) in [6, 6.07) is 0. The minimum atomic E-state index is 0.748. The Labute approximate surface area is 68.7 Å². The topological polar surface area (TPSA) is 0 Å². The maximum atomic E-state index is 3.24. The molecule has 2 saturated carbocycles. The average Bonchev–Trinajstić information content (AvgIpc) is 2.85. The number of rotatable bonds is 1. The van der Waals surface area contributed by atoms with Crippen molar-refractivity contribution in [3.8, 4) is 11.8 Å². The van der Waals surface area contributed by atoms with E-state index in [1.165, 1.54) is 31.3 Å². The van der Waals surface area contributed by atoms with Gasteiger partial charge in [-0.3, -0.25) is 0 Å². The second kappa shape index (κ2) is 2.74. The van der Waals surface area contributed by atoms with E-state index in [4.69, 9.17) is 0 Å². The standard InChI is InChI=1S/C11H14/c1-9(11-7-8-11)3-2-4-10-5-6-10/h3,10-11H,5-8H2,1H3/b9-3+. The zero-order valence-corrected chi connectivity index (χ0v) is 7.06. The highest BCUT2D eigenvalue weighted by atomic mass is 14.3. The van der Waals surface area contributed by atoms with Crippen LogP contribution in [0.15, 0.2) is 11.6 Å². The minimum absolute atomic E-state index is 0.748. The van der Waals surface area contributed by atoms with Crippen LogP contribution in [0.1, 0.15) is 32.6 Å². The van der Waals surface area contributed by atoms with Crippen LogP contribution in [0.25, 0.3) is 0 Å². The molecule has 11 heavy (non-hydrogen) atoms. The summed E-state index contributed by atoms with van der Waals surface area (Å²) in [5.74, 6) is 8.04. The quantitative estimate of drug-likeness (QED) is 0.499. The molecule has 0 aromatic carbocycles. The van der Waals surface area contributed by atoms with Gasteiger partial charge < -0.3 is 0 Å².